The molecule has 0 saturated carbocycles. The second-order valence-corrected chi connectivity index (χ2v) is 7.72. The highest BCUT2D eigenvalue weighted by Crippen LogP contribution is 2.28. The Labute approximate surface area is 157 Å². The van der Waals surface area contributed by atoms with Crippen molar-refractivity contribution in [2.45, 2.75) is 45.3 Å². The van der Waals surface area contributed by atoms with Crippen LogP contribution in [0.3, 0.4) is 0 Å². The molecule has 0 unspecified atom stereocenters. The highest BCUT2D eigenvalue weighted by atomic mass is 16.6. The fraction of sp³-hybridized carbons (Fsp3) is 0.556. The zero-order valence-electron chi connectivity index (χ0n) is 16.0. The van der Waals surface area contributed by atoms with E-state index in [2.05, 4.69) is 4.98 Å². The van der Waals surface area contributed by atoms with Gasteiger partial charge in [-0.25, -0.2) is 4.79 Å². The number of oxazole rings is 1. The maximum absolute atomic E-state index is 12.2. The molecule has 1 amide bonds. The first-order valence-electron chi connectivity index (χ1n) is 8.90. The average molecular weight is 376 g/mol. The van der Waals surface area contributed by atoms with Gasteiger partial charge in [0.2, 0.25) is 0 Å². The fourth-order valence-corrected chi connectivity index (χ4v) is 3.08. The summed E-state index contributed by atoms with van der Waals surface area (Å²) in [5.41, 5.74) is 0.447. The number of anilines is 1. The van der Waals surface area contributed by atoms with Gasteiger partial charge in [-0.1, -0.05) is 0 Å². The monoisotopic (exact) mass is 376 g/mol. The molecule has 2 aromatic rings. The topological polar surface area (TPSA) is 102 Å². The molecule has 1 fully saturated rings. The summed E-state index contributed by atoms with van der Waals surface area (Å²) >= 11 is 0. The molecule has 9 nitrogen and oxygen atoms in total. The molecule has 9 heteroatoms. The Kier molecular flexibility index (Phi) is 4.95. The van der Waals surface area contributed by atoms with Crippen molar-refractivity contribution in [2.75, 3.05) is 25.0 Å². The van der Waals surface area contributed by atoms with Crippen molar-refractivity contribution in [1.82, 2.24) is 9.88 Å². The number of nitro groups is 1. The molecule has 0 N–H and O–H groups in total. The minimum Gasteiger partial charge on any atom is -0.444 e. The third kappa shape index (κ3) is 4.29. The van der Waals surface area contributed by atoms with Crippen LogP contribution in [0.15, 0.2) is 22.6 Å². The Morgan fingerprint density at radius 1 is 1.37 bits per heavy atom. The Bertz CT molecular complexity index is 849. The second kappa shape index (κ2) is 7.05. The number of fused-ring (bicyclic) bond motifs is 1. The largest absolute Gasteiger partial charge is 0.444 e. The molecule has 1 aliphatic rings. The van der Waals surface area contributed by atoms with E-state index >= 15 is 0 Å². The molecule has 0 bridgehead atoms. The van der Waals surface area contributed by atoms with Gasteiger partial charge in [0.05, 0.1) is 4.92 Å². The predicted molar refractivity (Wildman–Crippen MR) is 99.9 cm³/mol. The maximum Gasteiger partial charge on any atom is 0.410 e. The number of ether oxygens (including phenoxy) is 1. The lowest BCUT2D eigenvalue weighted by Crippen LogP contribution is -2.47. The number of aromatic nitrogens is 1. The Hall–Kier alpha value is -2.84. The average Bonchev–Trinajstić information content (AvgIpc) is 3.02. The van der Waals surface area contributed by atoms with E-state index in [1.54, 1.807) is 18.0 Å². The van der Waals surface area contributed by atoms with Gasteiger partial charge in [0, 0.05) is 38.3 Å². The van der Waals surface area contributed by atoms with Crippen LogP contribution in [0.1, 0.15) is 33.6 Å². The lowest BCUT2D eigenvalue weighted by molar-refractivity contribution is -0.384. The van der Waals surface area contributed by atoms with Crippen molar-refractivity contribution in [3.05, 3.63) is 28.3 Å². The van der Waals surface area contributed by atoms with Crippen molar-refractivity contribution < 1.29 is 18.9 Å². The first kappa shape index (κ1) is 18.9. The quantitative estimate of drug-likeness (QED) is 0.596. The SMILES string of the molecule is CN(C(=O)OC(C)(C)C)C1CCN(c2nc3cc([N+](=O)[O-])ccc3o2)CC1. The fourth-order valence-electron chi connectivity index (χ4n) is 3.08. The van der Waals surface area contributed by atoms with Gasteiger partial charge in [0.1, 0.15) is 11.1 Å². The lowest BCUT2D eigenvalue weighted by Gasteiger charge is -2.36. The normalized spacial score (nSPS) is 15.8. The van der Waals surface area contributed by atoms with Crippen molar-refractivity contribution in [3.63, 3.8) is 0 Å². The van der Waals surface area contributed by atoms with E-state index in [-0.39, 0.29) is 17.8 Å². The summed E-state index contributed by atoms with van der Waals surface area (Å²) in [5, 5.41) is 10.9. The molecule has 1 aliphatic heterocycles. The van der Waals surface area contributed by atoms with Gasteiger partial charge < -0.3 is 19.0 Å². The summed E-state index contributed by atoms with van der Waals surface area (Å²) in [6.07, 6.45) is 1.19. The summed E-state index contributed by atoms with van der Waals surface area (Å²) in [6, 6.07) is 4.91. The van der Waals surface area contributed by atoms with E-state index in [9.17, 15) is 14.9 Å². The molecular formula is C18H24N4O5. The molecule has 146 valence electrons. The van der Waals surface area contributed by atoms with Gasteiger partial charge in [0.15, 0.2) is 5.58 Å². The molecule has 1 aromatic heterocycles. The number of carbonyl (C=O) groups is 1. The van der Waals surface area contributed by atoms with E-state index in [0.29, 0.717) is 30.2 Å². The lowest BCUT2D eigenvalue weighted by atomic mass is 10.0. The first-order chi connectivity index (χ1) is 12.6. The summed E-state index contributed by atoms with van der Waals surface area (Å²) in [6.45, 7) is 6.89. The van der Waals surface area contributed by atoms with Gasteiger partial charge in [-0.05, 0) is 39.7 Å². The molecule has 2 heterocycles. The number of hydrogen-bond donors (Lipinski definition) is 0. The van der Waals surface area contributed by atoms with Gasteiger partial charge in [-0.2, -0.15) is 4.98 Å². The highest BCUT2D eigenvalue weighted by Gasteiger charge is 2.30. The van der Waals surface area contributed by atoms with E-state index in [1.165, 1.54) is 12.1 Å². The molecule has 0 atom stereocenters. The maximum atomic E-state index is 12.2. The van der Waals surface area contributed by atoms with Crippen LogP contribution >= 0.6 is 0 Å². The summed E-state index contributed by atoms with van der Waals surface area (Å²) in [7, 11) is 1.76. The van der Waals surface area contributed by atoms with Crippen molar-refractivity contribution in [1.29, 1.82) is 0 Å². The number of amides is 1. The third-order valence-corrected chi connectivity index (χ3v) is 4.53. The smallest absolute Gasteiger partial charge is 0.410 e. The van der Waals surface area contributed by atoms with Crippen molar-refractivity contribution in [3.8, 4) is 0 Å². The summed E-state index contributed by atoms with van der Waals surface area (Å²) in [4.78, 5) is 30.7. The summed E-state index contributed by atoms with van der Waals surface area (Å²) in [5.74, 6) is 0. The van der Waals surface area contributed by atoms with Crippen LogP contribution in [-0.4, -0.2) is 52.7 Å². The van der Waals surface area contributed by atoms with Gasteiger partial charge in [-0.3, -0.25) is 10.1 Å². The Morgan fingerprint density at radius 2 is 2.04 bits per heavy atom. The molecule has 0 aliphatic carbocycles. The highest BCUT2D eigenvalue weighted by molar-refractivity contribution is 5.77. The molecule has 3 rings (SSSR count). The number of nitro benzene ring substituents is 1. The minimum atomic E-state index is -0.521. The van der Waals surface area contributed by atoms with E-state index in [4.69, 9.17) is 9.15 Å². The molecule has 27 heavy (non-hydrogen) atoms. The van der Waals surface area contributed by atoms with Gasteiger partial charge >= 0.3 is 6.09 Å². The number of hydrogen-bond acceptors (Lipinski definition) is 7. The van der Waals surface area contributed by atoms with Crippen molar-refractivity contribution >= 4 is 28.9 Å². The predicted octanol–water partition coefficient (Wildman–Crippen LogP) is 3.57. The zero-order valence-corrected chi connectivity index (χ0v) is 16.0. The Morgan fingerprint density at radius 3 is 2.63 bits per heavy atom. The first-order valence-corrected chi connectivity index (χ1v) is 8.90. The van der Waals surface area contributed by atoms with Crippen LogP contribution in [0.25, 0.3) is 11.1 Å². The molecule has 0 spiro atoms. The van der Waals surface area contributed by atoms with Crippen LogP contribution in [0, 0.1) is 10.1 Å². The zero-order chi connectivity index (χ0) is 19.8. The molecule has 1 aromatic carbocycles. The minimum absolute atomic E-state index is 0.0138. The number of carbonyl (C=O) groups excluding carboxylic acids is 1. The van der Waals surface area contributed by atoms with E-state index < -0.39 is 10.5 Å². The molecular weight excluding hydrogens is 352 g/mol. The van der Waals surface area contributed by atoms with Crippen molar-refractivity contribution in [2.24, 2.45) is 0 Å². The van der Waals surface area contributed by atoms with Gasteiger partial charge in [-0.15, -0.1) is 0 Å². The second-order valence-electron chi connectivity index (χ2n) is 7.72. The van der Waals surface area contributed by atoms with E-state index in [0.717, 1.165) is 12.8 Å². The van der Waals surface area contributed by atoms with Gasteiger partial charge in [0.25, 0.3) is 11.7 Å². The third-order valence-electron chi connectivity index (χ3n) is 4.53. The number of rotatable bonds is 3. The molecule has 1 saturated heterocycles. The number of piperidine rings is 1. The van der Waals surface area contributed by atoms with Crippen LogP contribution in [0.2, 0.25) is 0 Å². The van der Waals surface area contributed by atoms with E-state index in [1.807, 2.05) is 25.7 Å². The van der Waals surface area contributed by atoms with Crippen LogP contribution in [-0.2, 0) is 4.74 Å². The summed E-state index contributed by atoms with van der Waals surface area (Å²) < 4.78 is 11.2. The Balaban J connectivity index is 1.64. The number of nitrogens with zero attached hydrogens (tertiary/aromatic N) is 4. The van der Waals surface area contributed by atoms with Crippen LogP contribution in [0.5, 0.6) is 0 Å². The number of non-ortho nitro benzene ring substituents is 1. The van der Waals surface area contributed by atoms with Crippen LogP contribution in [0.4, 0.5) is 16.5 Å². The standard InChI is InChI=1S/C18H24N4O5/c1-18(2,3)27-17(23)20(4)12-7-9-21(10-8-12)16-19-14-11-13(22(24)25)5-6-15(14)26-16/h5-6,11-12H,7-10H2,1-4H3. The number of benzene rings is 1. The molecule has 0 radical (unpaired) electrons. The van der Waals surface area contributed by atoms with Crippen LogP contribution < -0.4 is 4.90 Å².